The molecule has 10 saturated heterocycles. The van der Waals surface area contributed by atoms with E-state index < -0.39 is 6.51 Å². The fourth-order valence-electron chi connectivity index (χ4n) is 16.4. The van der Waals surface area contributed by atoms with Crippen molar-refractivity contribution in [1.29, 1.82) is 5.16 Å². The molecule has 3 heteroatoms. The quantitative estimate of drug-likeness (QED) is 0.521. The van der Waals surface area contributed by atoms with E-state index in [-0.39, 0.29) is 0 Å². The number of hydrogen-bond acceptors (Lipinski definition) is 1. The predicted molar refractivity (Wildman–Crippen MR) is 46.1 cm³/mol. The first kappa shape index (κ1) is 4.24. The van der Waals surface area contributed by atoms with Gasteiger partial charge in [-0.1, -0.05) is 0 Å². The minimum atomic E-state index is -2.70. The van der Waals surface area contributed by atoms with Crippen LogP contribution in [0.5, 0.6) is 0 Å². The van der Waals surface area contributed by atoms with Crippen molar-refractivity contribution in [3.63, 3.8) is 0 Å². The standard InChI is InChI=1S/C5H5NP.C5H5.Fe/c6-7-5-3-1-2-4-5;1-2-4-5-3-1;/h1-4,6H;1-5H;. The molecule has 1 spiro atoms. The molecule has 0 aromatic rings. The second kappa shape index (κ2) is 0.269. The third kappa shape index (κ3) is 0.0303. The second-order valence-corrected chi connectivity index (χ2v) is 34.7. The minimum absolute atomic E-state index is 0.874. The monoisotopic (exact) mass is 231 g/mol. The molecule has 0 aromatic carbocycles. The summed E-state index contributed by atoms with van der Waals surface area (Å²) in [5, 5.41) is 8.04. The molecular formula is C10H10FeNP. The molecule has 10 aliphatic rings. The van der Waals surface area contributed by atoms with Crippen molar-refractivity contribution in [1.82, 2.24) is 0 Å². The van der Waals surface area contributed by atoms with Gasteiger partial charge in [-0.25, -0.2) is 0 Å². The first-order chi connectivity index (χ1) is 6.11. The molecule has 10 heterocycles. The Kier molecular flexibility index (Phi) is 0.0876. The average molecular weight is 231 g/mol. The van der Waals surface area contributed by atoms with Gasteiger partial charge in [-0.3, -0.25) is 0 Å². The van der Waals surface area contributed by atoms with Crippen LogP contribution in [0.4, 0.5) is 0 Å². The molecule has 10 aliphatic heterocycles. The molecule has 4 atom stereocenters. The molecule has 1 nitrogen and oxygen atoms in total. The second-order valence-electron chi connectivity index (χ2n) is 9.75. The Balaban J connectivity index is 2.14. The maximum absolute atomic E-state index is 8.04. The van der Waals surface area contributed by atoms with Gasteiger partial charge >= 0.3 is 67.4 Å². The number of hydrogen-bond donors (Lipinski definition) is 1. The molecule has 0 amide bonds. The van der Waals surface area contributed by atoms with E-state index in [1.807, 2.05) is 0 Å². The van der Waals surface area contributed by atoms with Gasteiger partial charge in [0.05, 0.1) is 0 Å². The van der Waals surface area contributed by atoms with E-state index in [9.17, 15) is 0 Å². The third-order valence-corrected chi connectivity index (χ3v) is 61.8. The number of rotatable bonds is 1. The van der Waals surface area contributed by atoms with Crippen LogP contribution < -0.4 is 0 Å². The van der Waals surface area contributed by atoms with Crippen LogP contribution in [0.2, 0.25) is 43.3 Å². The Morgan fingerprint density at radius 1 is 0.846 bits per heavy atom. The van der Waals surface area contributed by atoms with Crippen molar-refractivity contribution in [3.8, 4) is 0 Å². The van der Waals surface area contributed by atoms with Crippen LogP contribution in [0.25, 0.3) is 0 Å². The summed E-state index contributed by atoms with van der Waals surface area (Å²) in [6.07, 6.45) is 0. The molecule has 68 valence electrons. The van der Waals surface area contributed by atoms with Crippen LogP contribution in [0.1, 0.15) is 0 Å². The topological polar surface area (TPSA) is 23.9 Å². The first-order valence-corrected chi connectivity index (χ1v) is 12.9. The van der Waals surface area contributed by atoms with E-state index in [0.717, 1.165) is 4.05 Å². The van der Waals surface area contributed by atoms with Crippen LogP contribution in [0.3, 0.4) is 0 Å². The van der Waals surface area contributed by atoms with Gasteiger partial charge in [0, 0.05) is 0 Å². The van der Waals surface area contributed by atoms with Gasteiger partial charge in [-0.05, 0) is 0 Å². The van der Waals surface area contributed by atoms with Gasteiger partial charge in [-0.2, -0.15) is 0 Å². The number of nitrogens with one attached hydrogen (secondary N) is 1. The molecule has 0 radical (unpaired) electrons. The van der Waals surface area contributed by atoms with Gasteiger partial charge in [0.1, 0.15) is 0 Å². The summed E-state index contributed by atoms with van der Waals surface area (Å²) in [4.78, 5) is 12.8. The summed E-state index contributed by atoms with van der Waals surface area (Å²) in [6.45, 7) is -2.70. The molecule has 1 N–H and O–H groups in total. The Bertz CT molecular complexity index is 804. The summed E-state index contributed by atoms with van der Waals surface area (Å²) in [6, 6.07) is 0. The summed E-state index contributed by atoms with van der Waals surface area (Å²) >= 11 is 0. The molecule has 10 fully saturated rings. The Hall–Kier alpha value is 0.619. The van der Waals surface area contributed by atoms with Gasteiger partial charge in [0.25, 0.3) is 0 Å². The zero-order valence-corrected chi connectivity index (χ0v) is 9.00. The SMILES string of the molecule is N=P[C]12[CH]3[CH]4[CH]5[CH]1[Fe]45321678[CH]2[CH]1[CH]6[CH]7[CH]28. The summed E-state index contributed by atoms with van der Waals surface area (Å²) in [5.41, 5.74) is 0. The van der Waals surface area contributed by atoms with Crippen LogP contribution >= 0.6 is 8.37 Å². The van der Waals surface area contributed by atoms with E-state index in [4.69, 9.17) is 5.16 Å². The van der Waals surface area contributed by atoms with E-state index in [1.165, 1.54) is 51.7 Å². The molecular weight excluding hydrogens is 221 g/mol. The molecule has 0 aromatic heterocycles. The van der Waals surface area contributed by atoms with E-state index in [1.54, 1.807) is 0 Å². The normalized spacial score (nSPS) is 152. The number of fused-ring (bicyclic) bond motifs is 10. The first-order valence-electron chi connectivity index (χ1n) is 5.71. The van der Waals surface area contributed by atoms with Crippen molar-refractivity contribution in [2.24, 2.45) is 0 Å². The van der Waals surface area contributed by atoms with Crippen molar-refractivity contribution >= 4 is 8.37 Å². The summed E-state index contributed by atoms with van der Waals surface area (Å²) < 4.78 is 0.874. The van der Waals surface area contributed by atoms with E-state index >= 15 is 0 Å². The van der Waals surface area contributed by atoms with Gasteiger partial charge in [0.15, 0.2) is 0 Å². The van der Waals surface area contributed by atoms with Crippen molar-refractivity contribution in [2.75, 3.05) is 0 Å². The van der Waals surface area contributed by atoms with Crippen LogP contribution in [0.15, 0.2) is 0 Å². The summed E-state index contributed by atoms with van der Waals surface area (Å²) in [7, 11) is 1.18. The fourth-order valence-corrected chi connectivity index (χ4v) is 99.0. The third-order valence-electron chi connectivity index (χ3n) is 14.8. The maximum atomic E-state index is 8.04. The summed E-state index contributed by atoms with van der Waals surface area (Å²) in [5.74, 6) is 0. The molecule has 0 bridgehead atoms. The Morgan fingerprint density at radius 2 is 1.31 bits per heavy atom. The van der Waals surface area contributed by atoms with Crippen molar-refractivity contribution in [2.45, 2.75) is 47.4 Å². The van der Waals surface area contributed by atoms with E-state index in [0.29, 0.717) is 0 Å². The molecule has 10 rings (SSSR count). The Morgan fingerprint density at radius 3 is 1.38 bits per heavy atom. The van der Waals surface area contributed by atoms with Gasteiger partial charge < -0.3 is 0 Å². The van der Waals surface area contributed by atoms with Crippen LogP contribution in [-0.4, -0.2) is 4.05 Å². The van der Waals surface area contributed by atoms with Gasteiger partial charge in [0.2, 0.25) is 0 Å². The fraction of sp³-hybridized carbons (Fsp3) is 1.00. The molecule has 13 heavy (non-hydrogen) atoms. The van der Waals surface area contributed by atoms with E-state index in [2.05, 4.69) is 0 Å². The van der Waals surface area contributed by atoms with Crippen molar-refractivity contribution < 1.29 is 6.51 Å². The van der Waals surface area contributed by atoms with Crippen LogP contribution in [-0.2, 0) is 6.51 Å². The molecule has 4 unspecified atom stereocenters. The van der Waals surface area contributed by atoms with Gasteiger partial charge in [-0.15, -0.1) is 0 Å². The van der Waals surface area contributed by atoms with Crippen molar-refractivity contribution in [3.05, 3.63) is 0 Å². The zero-order chi connectivity index (χ0) is 7.72. The zero-order valence-electron chi connectivity index (χ0n) is 7.00. The molecule has 0 aliphatic carbocycles. The Labute approximate surface area is 67.6 Å². The predicted octanol–water partition coefficient (Wildman–Crippen LogP) is 3.99. The average Bonchev–Trinajstić information content (AvgIpc) is 3.12. The van der Waals surface area contributed by atoms with Crippen LogP contribution in [0, 0.1) is 5.16 Å². The molecule has 0 saturated carbocycles.